The molecule has 5 heteroatoms. The Hall–Kier alpha value is 1.37. The van der Waals surface area contributed by atoms with Crippen LogP contribution in [-0.4, -0.2) is 0 Å². The maximum atomic E-state index is 2.23. The van der Waals surface area contributed by atoms with E-state index in [2.05, 4.69) is 6.92 Å². The fourth-order valence-electron chi connectivity index (χ4n) is 0.207. The molecular formula is C2H3P5. The van der Waals surface area contributed by atoms with Gasteiger partial charge in [-0.1, -0.05) is 0 Å². The summed E-state index contributed by atoms with van der Waals surface area (Å²) in [7, 11) is 7.86. The van der Waals surface area contributed by atoms with E-state index in [1.807, 2.05) is 0 Å². The summed E-state index contributed by atoms with van der Waals surface area (Å²) in [6.45, 7) is 2.23. The van der Waals surface area contributed by atoms with E-state index in [-0.39, 0.29) is 0 Å². The summed E-state index contributed by atoms with van der Waals surface area (Å²) < 4.78 is 0. The molecule has 0 amide bonds. The van der Waals surface area contributed by atoms with E-state index in [9.17, 15) is 0 Å². The molecule has 1 aromatic rings. The van der Waals surface area contributed by atoms with Crippen LogP contribution in [0, 0.1) is 6.92 Å². The van der Waals surface area contributed by atoms with Gasteiger partial charge in [-0.05, 0) is 45.3 Å². The van der Waals surface area contributed by atoms with Gasteiger partial charge in [-0.3, -0.25) is 0 Å². The van der Waals surface area contributed by atoms with Crippen molar-refractivity contribution < 1.29 is 0 Å². The Morgan fingerprint density at radius 1 is 1.00 bits per heavy atom. The second kappa shape index (κ2) is 3.41. The molecule has 0 aliphatic carbocycles. The van der Waals surface area contributed by atoms with Crippen LogP contribution >= 0.6 is 38.4 Å². The summed E-state index contributed by atoms with van der Waals surface area (Å²) in [6.07, 6.45) is 0. The van der Waals surface area contributed by atoms with Crippen LogP contribution in [0.25, 0.3) is 0 Å². The molecule has 0 spiro atoms. The van der Waals surface area contributed by atoms with Gasteiger partial charge in [0.1, 0.15) is 0 Å². The SMILES string of the molecule is Cc1ppppp1. The van der Waals surface area contributed by atoms with Gasteiger partial charge in [0, 0.05) is 5.03 Å². The normalized spacial score (nSPS) is 14.4. The molecule has 0 saturated carbocycles. The van der Waals surface area contributed by atoms with Crippen LogP contribution in [0.3, 0.4) is 0 Å². The average molecular weight is 182 g/mol. The molecule has 1 rings (SSSR count). The first-order valence-electron chi connectivity index (χ1n) is 1.75. The van der Waals surface area contributed by atoms with Gasteiger partial charge in [-0.15, -0.1) is 0 Å². The fraction of sp³-hybridized carbons (Fsp3) is 0.500. The minimum Gasteiger partial charge on any atom is -0.0303 e. The van der Waals surface area contributed by atoms with Gasteiger partial charge in [-0.2, -0.15) is 0 Å². The number of hydrogen-bond acceptors (Lipinski definition) is 0. The molecule has 1 aromatic heterocycles. The third-order valence-corrected chi connectivity index (χ3v) is 13.1. The van der Waals surface area contributed by atoms with E-state index < -0.39 is 0 Å². The molecule has 0 N–H and O–H groups in total. The molecule has 0 saturated heterocycles. The average Bonchev–Trinajstić information content (AvgIpc) is 1.69. The summed E-state index contributed by atoms with van der Waals surface area (Å²) in [4.78, 5) is 0. The summed E-state index contributed by atoms with van der Waals surface area (Å²) >= 11 is 0. The lowest BCUT2D eigenvalue weighted by atomic mass is 11.0. The van der Waals surface area contributed by atoms with Gasteiger partial charge in [0.05, 0.1) is 0 Å². The second-order valence-corrected chi connectivity index (χ2v) is 11.3. The van der Waals surface area contributed by atoms with Crippen molar-refractivity contribution in [2.24, 2.45) is 0 Å². The van der Waals surface area contributed by atoms with Crippen molar-refractivity contribution in [1.29, 1.82) is 0 Å². The maximum absolute atomic E-state index is 2.23. The van der Waals surface area contributed by atoms with Crippen LogP contribution in [0.2, 0.25) is 0 Å². The molecule has 0 bridgehead atoms. The summed E-state index contributed by atoms with van der Waals surface area (Å²) in [5.41, 5.74) is 0. The van der Waals surface area contributed by atoms with Crippen molar-refractivity contribution in [3.8, 4) is 0 Å². The highest BCUT2D eigenvalue weighted by atomic mass is 32.4. The number of hydrogen-bond donors (Lipinski definition) is 0. The monoisotopic (exact) mass is 182 g/mol. The first-order chi connectivity index (χ1) is 3.39. The molecule has 7 heavy (non-hydrogen) atoms. The predicted octanol–water partition coefficient (Wildman–Crippen LogP) is 4.90. The van der Waals surface area contributed by atoms with Crippen LogP contribution in [0.1, 0.15) is 5.03 Å². The molecule has 0 unspecified atom stereocenters. The maximum Gasteiger partial charge on any atom is 0.0133 e. The van der Waals surface area contributed by atoms with Crippen molar-refractivity contribution in [3.05, 3.63) is 5.03 Å². The highest BCUT2D eigenvalue weighted by Crippen LogP contribution is 2.46. The Morgan fingerprint density at radius 2 is 1.57 bits per heavy atom. The molecule has 0 nitrogen and oxygen atoms in total. The molecule has 0 fully saturated rings. The largest absolute Gasteiger partial charge is 0.0303 e. The van der Waals surface area contributed by atoms with Gasteiger partial charge in [0.2, 0.25) is 0 Å². The first-order valence-corrected chi connectivity index (χ1v) is 9.04. The van der Waals surface area contributed by atoms with Crippen molar-refractivity contribution >= 4 is 38.4 Å². The molecule has 0 aliphatic rings. The van der Waals surface area contributed by atoms with Crippen LogP contribution in [0.15, 0.2) is 0 Å². The zero-order chi connectivity index (χ0) is 5.11. The summed E-state index contributed by atoms with van der Waals surface area (Å²) in [5, 5.41) is 1.63. The van der Waals surface area contributed by atoms with Gasteiger partial charge < -0.3 is 0 Å². The van der Waals surface area contributed by atoms with E-state index in [1.54, 1.807) is 43.4 Å². The molecule has 1 heterocycles. The van der Waals surface area contributed by atoms with Crippen molar-refractivity contribution in [1.82, 2.24) is 0 Å². The highest BCUT2D eigenvalue weighted by molar-refractivity contribution is 8.39. The second-order valence-electron chi connectivity index (χ2n) is 1.02. The lowest BCUT2D eigenvalue weighted by molar-refractivity contribution is 1.78. The molecular weight excluding hydrogens is 179 g/mol. The first kappa shape index (κ1) is 6.49. The van der Waals surface area contributed by atoms with E-state index >= 15 is 0 Å². The molecule has 0 atom stereocenters. The Morgan fingerprint density at radius 3 is 1.86 bits per heavy atom. The molecule has 0 aromatic carbocycles. The number of aryl methyl sites for hydroxylation is 1. The molecule has 0 aliphatic heterocycles. The molecule has 36 valence electrons. The van der Waals surface area contributed by atoms with E-state index in [4.69, 9.17) is 0 Å². The lowest BCUT2D eigenvalue weighted by Crippen LogP contribution is -1.33. The Bertz CT molecular complexity index is 136. The van der Waals surface area contributed by atoms with E-state index in [1.165, 1.54) is 0 Å². The zero-order valence-electron chi connectivity index (χ0n) is 3.74. The lowest BCUT2D eigenvalue weighted by Gasteiger charge is -1.78. The minimum absolute atomic E-state index is 1.55. The fourth-order valence-corrected chi connectivity index (χ4v) is 14.9. The Balaban J connectivity index is 3.02. The van der Waals surface area contributed by atoms with E-state index in [0.29, 0.717) is 0 Å². The Labute approximate surface area is 50.8 Å². The van der Waals surface area contributed by atoms with Crippen LogP contribution in [0.5, 0.6) is 0 Å². The zero-order valence-corrected chi connectivity index (χ0v) is 8.21. The third-order valence-electron chi connectivity index (χ3n) is 0.459. The van der Waals surface area contributed by atoms with Crippen molar-refractivity contribution in [2.75, 3.05) is 0 Å². The van der Waals surface area contributed by atoms with Crippen molar-refractivity contribution in [2.45, 2.75) is 6.92 Å². The standard InChI is InChI=1S/C2H3P5/c1-2-3-5-7-6-4-2/h1H3. The van der Waals surface area contributed by atoms with Gasteiger partial charge in [0.25, 0.3) is 0 Å². The summed E-state index contributed by atoms with van der Waals surface area (Å²) in [5.74, 6) is 0. The topological polar surface area (TPSA) is 0 Å². The van der Waals surface area contributed by atoms with Crippen LogP contribution in [-0.2, 0) is 0 Å². The van der Waals surface area contributed by atoms with Gasteiger partial charge >= 0.3 is 0 Å². The third kappa shape index (κ3) is 2.42. The molecule has 0 radical (unpaired) electrons. The van der Waals surface area contributed by atoms with Crippen LogP contribution in [0.4, 0.5) is 0 Å². The minimum atomic E-state index is 1.55. The van der Waals surface area contributed by atoms with Gasteiger partial charge in [0.15, 0.2) is 0 Å². The Kier molecular flexibility index (Phi) is 3.16. The number of rotatable bonds is 0. The van der Waals surface area contributed by atoms with Crippen LogP contribution < -0.4 is 0 Å². The highest BCUT2D eigenvalue weighted by Gasteiger charge is 1.76. The summed E-state index contributed by atoms with van der Waals surface area (Å²) in [6, 6.07) is 0. The van der Waals surface area contributed by atoms with E-state index in [0.717, 1.165) is 0 Å². The smallest absolute Gasteiger partial charge is 0.0133 e. The quantitative estimate of drug-likeness (QED) is 0.535. The van der Waals surface area contributed by atoms with Gasteiger partial charge in [-0.25, -0.2) is 0 Å². The predicted molar refractivity (Wildman–Crippen MR) is 43.7 cm³/mol. The van der Waals surface area contributed by atoms with Crippen molar-refractivity contribution in [3.63, 3.8) is 0 Å².